The van der Waals surface area contributed by atoms with Crippen molar-refractivity contribution in [1.82, 2.24) is 4.90 Å². The maximum Gasteiger partial charge on any atom is 0.0132 e. The van der Waals surface area contributed by atoms with Crippen LogP contribution in [0, 0.1) is 5.92 Å². The summed E-state index contributed by atoms with van der Waals surface area (Å²) in [5, 5.41) is 0. The molecule has 2 aliphatic rings. The lowest BCUT2D eigenvalue weighted by Crippen LogP contribution is -2.49. The van der Waals surface area contributed by atoms with E-state index in [1.165, 1.54) is 32.1 Å². The van der Waals surface area contributed by atoms with E-state index in [-0.39, 0.29) is 0 Å². The van der Waals surface area contributed by atoms with E-state index in [0.29, 0.717) is 5.54 Å². The molecule has 0 aromatic rings. The second kappa shape index (κ2) is 3.52. The maximum absolute atomic E-state index is 2.79. The van der Waals surface area contributed by atoms with Gasteiger partial charge in [0.25, 0.3) is 0 Å². The number of nitrogens with zero attached hydrogens (tertiary/aromatic N) is 1. The van der Waals surface area contributed by atoms with Crippen LogP contribution in [0.2, 0.25) is 0 Å². The summed E-state index contributed by atoms with van der Waals surface area (Å²) in [6.07, 6.45) is 7.32. The number of fused-ring (bicyclic) bond motifs is 1. The van der Waals surface area contributed by atoms with Gasteiger partial charge in [-0.3, -0.25) is 4.90 Å². The van der Waals surface area contributed by atoms with Crippen molar-refractivity contribution in [1.29, 1.82) is 0 Å². The summed E-state index contributed by atoms with van der Waals surface area (Å²) in [5.74, 6) is 1.01. The smallest absolute Gasteiger partial charge is 0.0132 e. The molecule has 1 aliphatic heterocycles. The Morgan fingerprint density at radius 3 is 2.36 bits per heavy atom. The van der Waals surface area contributed by atoms with Crippen molar-refractivity contribution in [2.45, 2.75) is 77.4 Å². The minimum absolute atomic E-state index is 0.371. The first kappa shape index (κ1) is 10.5. The third-order valence-corrected chi connectivity index (χ3v) is 4.12. The van der Waals surface area contributed by atoms with E-state index in [4.69, 9.17) is 0 Å². The first-order chi connectivity index (χ1) is 6.50. The van der Waals surface area contributed by atoms with Crippen molar-refractivity contribution in [2.75, 3.05) is 0 Å². The SMILES string of the molecule is C[C@@H]1C[C@@H]2CCCC[C@@H]2N1C(C)(C)C. The molecule has 0 unspecified atom stereocenters. The monoisotopic (exact) mass is 195 g/mol. The molecule has 0 aromatic carbocycles. The summed E-state index contributed by atoms with van der Waals surface area (Å²) in [6, 6.07) is 1.71. The summed E-state index contributed by atoms with van der Waals surface area (Å²) in [7, 11) is 0. The summed E-state index contributed by atoms with van der Waals surface area (Å²) in [4.78, 5) is 2.79. The Bertz CT molecular complexity index is 204. The molecule has 1 nitrogen and oxygen atoms in total. The number of hydrogen-bond donors (Lipinski definition) is 0. The number of hydrogen-bond acceptors (Lipinski definition) is 1. The molecule has 2 rings (SSSR count). The fraction of sp³-hybridized carbons (Fsp3) is 1.00. The molecule has 0 N–H and O–H groups in total. The summed E-state index contributed by atoms with van der Waals surface area (Å²) in [5.41, 5.74) is 0.371. The van der Waals surface area contributed by atoms with Crippen molar-refractivity contribution in [2.24, 2.45) is 5.92 Å². The van der Waals surface area contributed by atoms with Gasteiger partial charge < -0.3 is 0 Å². The van der Waals surface area contributed by atoms with Crippen LogP contribution in [0.5, 0.6) is 0 Å². The molecule has 1 heterocycles. The van der Waals surface area contributed by atoms with Gasteiger partial charge in [-0.05, 0) is 52.9 Å². The van der Waals surface area contributed by atoms with Crippen LogP contribution in [0.15, 0.2) is 0 Å². The van der Waals surface area contributed by atoms with Crippen molar-refractivity contribution < 1.29 is 0 Å². The third-order valence-electron chi connectivity index (χ3n) is 4.12. The molecular formula is C13H25N. The maximum atomic E-state index is 2.79. The first-order valence-corrected chi connectivity index (χ1v) is 6.28. The summed E-state index contributed by atoms with van der Waals surface area (Å²) >= 11 is 0. The molecule has 82 valence electrons. The van der Waals surface area contributed by atoms with Crippen LogP contribution in [0.25, 0.3) is 0 Å². The van der Waals surface area contributed by atoms with E-state index in [9.17, 15) is 0 Å². The largest absolute Gasteiger partial charge is 0.293 e. The van der Waals surface area contributed by atoms with Crippen LogP contribution in [0.1, 0.15) is 59.8 Å². The van der Waals surface area contributed by atoms with Gasteiger partial charge in [0.15, 0.2) is 0 Å². The Morgan fingerprint density at radius 1 is 1.07 bits per heavy atom. The van der Waals surface area contributed by atoms with E-state index in [0.717, 1.165) is 18.0 Å². The zero-order valence-corrected chi connectivity index (χ0v) is 10.2. The second-order valence-electron chi connectivity index (χ2n) is 6.27. The topological polar surface area (TPSA) is 3.24 Å². The van der Waals surface area contributed by atoms with E-state index in [1.54, 1.807) is 0 Å². The van der Waals surface area contributed by atoms with Crippen LogP contribution < -0.4 is 0 Å². The molecule has 14 heavy (non-hydrogen) atoms. The molecule has 2 fully saturated rings. The Morgan fingerprint density at radius 2 is 1.71 bits per heavy atom. The molecule has 1 saturated heterocycles. The Hall–Kier alpha value is -0.0400. The van der Waals surface area contributed by atoms with Gasteiger partial charge in [-0.1, -0.05) is 12.8 Å². The Labute approximate surface area is 88.9 Å². The highest BCUT2D eigenvalue weighted by Gasteiger charge is 2.44. The minimum atomic E-state index is 0.371. The third kappa shape index (κ3) is 1.71. The lowest BCUT2D eigenvalue weighted by molar-refractivity contribution is 0.0600. The minimum Gasteiger partial charge on any atom is -0.293 e. The summed E-state index contributed by atoms with van der Waals surface area (Å²) in [6.45, 7) is 9.55. The van der Waals surface area contributed by atoms with Crippen LogP contribution in [0.3, 0.4) is 0 Å². The first-order valence-electron chi connectivity index (χ1n) is 6.28. The van der Waals surface area contributed by atoms with Crippen LogP contribution in [0.4, 0.5) is 0 Å². The van der Waals surface area contributed by atoms with Crippen molar-refractivity contribution in [3.63, 3.8) is 0 Å². The Kier molecular flexibility index (Phi) is 2.63. The average Bonchev–Trinajstić information content (AvgIpc) is 2.38. The zero-order chi connectivity index (χ0) is 10.3. The Balaban J connectivity index is 2.15. The van der Waals surface area contributed by atoms with Crippen LogP contribution in [-0.4, -0.2) is 22.5 Å². The van der Waals surface area contributed by atoms with E-state index in [2.05, 4.69) is 32.6 Å². The highest BCUT2D eigenvalue weighted by molar-refractivity contribution is 4.98. The lowest BCUT2D eigenvalue weighted by atomic mass is 9.84. The molecule has 0 spiro atoms. The second-order valence-corrected chi connectivity index (χ2v) is 6.27. The lowest BCUT2D eigenvalue weighted by Gasteiger charge is -2.42. The van der Waals surface area contributed by atoms with E-state index < -0.39 is 0 Å². The standard InChI is InChI=1S/C13H25N/c1-10-9-11-7-5-6-8-12(11)14(10)13(2,3)4/h10-12H,5-9H2,1-4H3/t10-,11+,12+/m1/s1. The van der Waals surface area contributed by atoms with Crippen LogP contribution >= 0.6 is 0 Å². The quantitative estimate of drug-likeness (QED) is 0.572. The molecule has 0 aromatic heterocycles. The predicted octanol–water partition coefficient (Wildman–Crippen LogP) is 3.44. The molecule has 3 atom stereocenters. The van der Waals surface area contributed by atoms with Gasteiger partial charge in [0.05, 0.1) is 0 Å². The highest BCUT2D eigenvalue weighted by Crippen LogP contribution is 2.42. The van der Waals surface area contributed by atoms with Gasteiger partial charge in [0.2, 0.25) is 0 Å². The molecular weight excluding hydrogens is 170 g/mol. The fourth-order valence-electron chi connectivity index (χ4n) is 3.87. The normalized spacial score (nSPS) is 39.9. The van der Waals surface area contributed by atoms with Gasteiger partial charge in [0, 0.05) is 17.6 Å². The highest BCUT2D eigenvalue weighted by atomic mass is 15.3. The number of likely N-dealkylation sites (tertiary alicyclic amines) is 1. The average molecular weight is 195 g/mol. The number of rotatable bonds is 0. The van der Waals surface area contributed by atoms with Gasteiger partial charge in [0.1, 0.15) is 0 Å². The van der Waals surface area contributed by atoms with Gasteiger partial charge in [-0.25, -0.2) is 0 Å². The molecule has 0 radical (unpaired) electrons. The zero-order valence-electron chi connectivity index (χ0n) is 10.2. The van der Waals surface area contributed by atoms with E-state index in [1.807, 2.05) is 0 Å². The predicted molar refractivity (Wildman–Crippen MR) is 61.4 cm³/mol. The molecule has 1 aliphatic carbocycles. The van der Waals surface area contributed by atoms with Gasteiger partial charge >= 0.3 is 0 Å². The van der Waals surface area contributed by atoms with Gasteiger partial charge in [-0.15, -0.1) is 0 Å². The van der Waals surface area contributed by atoms with Crippen LogP contribution in [-0.2, 0) is 0 Å². The molecule has 1 heteroatoms. The molecule has 0 amide bonds. The van der Waals surface area contributed by atoms with E-state index >= 15 is 0 Å². The fourth-order valence-corrected chi connectivity index (χ4v) is 3.87. The molecule has 1 saturated carbocycles. The molecule has 0 bridgehead atoms. The van der Waals surface area contributed by atoms with Crippen molar-refractivity contribution in [3.8, 4) is 0 Å². The van der Waals surface area contributed by atoms with Crippen molar-refractivity contribution in [3.05, 3.63) is 0 Å². The van der Waals surface area contributed by atoms with Crippen molar-refractivity contribution >= 4 is 0 Å². The summed E-state index contributed by atoms with van der Waals surface area (Å²) < 4.78 is 0. The van der Waals surface area contributed by atoms with Gasteiger partial charge in [-0.2, -0.15) is 0 Å².